The average Bonchev–Trinajstić information content (AvgIpc) is 3.11. The van der Waals surface area contributed by atoms with Gasteiger partial charge in [-0.3, -0.25) is 14.4 Å². The standard InChI is InChI=1S/C23H31N3O4/c1-17(27)25-10-8-23(9-11-25,14-21(28)24-15-18-6-12-30-13-7-18)26-16-19-4-2-3-5-20(19)22(26)29/h2-5,18H,6-16H2,1H3,(H,24,28). The molecule has 1 aromatic carbocycles. The first kappa shape index (κ1) is 20.8. The zero-order valence-electron chi connectivity index (χ0n) is 17.7. The van der Waals surface area contributed by atoms with E-state index in [1.54, 1.807) is 6.92 Å². The van der Waals surface area contributed by atoms with Gasteiger partial charge in [0.1, 0.15) is 0 Å². The summed E-state index contributed by atoms with van der Waals surface area (Å²) in [6.45, 7) is 5.42. The summed E-state index contributed by atoms with van der Waals surface area (Å²) in [6, 6.07) is 7.67. The topological polar surface area (TPSA) is 79.0 Å². The molecule has 0 bridgehead atoms. The number of hydrogen-bond acceptors (Lipinski definition) is 4. The van der Waals surface area contributed by atoms with Gasteiger partial charge in [0.05, 0.1) is 12.0 Å². The minimum absolute atomic E-state index is 0.000829. The second kappa shape index (κ2) is 8.76. The molecule has 0 radical (unpaired) electrons. The van der Waals surface area contributed by atoms with Crippen molar-refractivity contribution in [2.24, 2.45) is 5.92 Å². The SMILES string of the molecule is CC(=O)N1CCC(CC(=O)NCC2CCOCC2)(N2Cc3ccccc3C2=O)CC1. The van der Waals surface area contributed by atoms with Gasteiger partial charge in [-0.05, 0) is 43.2 Å². The van der Waals surface area contributed by atoms with E-state index in [2.05, 4.69) is 5.32 Å². The first-order valence-corrected chi connectivity index (χ1v) is 11.0. The lowest BCUT2D eigenvalue weighted by atomic mass is 9.82. The molecule has 3 amide bonds. The zero-order valence-corrected chi connectivity index (χ0v) is 17.7. The minimum Gasteiger partial charge on any atom is -0.381 e. The second-order valence-electron chi connectivity index (χ2n) is 8.82. The summed E-state index contributed by atoms with van der Waals surface area (Å²) in [4.78, 5) is 41.7. The summed E-state index contributed by atoms with van der Waals surface area (Å²) < 4.78 is 5.39. The molecular weight excluding hydrogens is 382 g/mol. The van der Waals surface area contributed by atoms with Gasteiger partial charge < -0.3 is 19.9 Å². The van der Waals surface area contributed by atoms with Gasteiger partial charge >= 0.3 is 0 Å². The molecule has 1 N–H and O–H groups in total. The molecule has 1 aromatic rings. The predicted octanol–water partition coefficient (Wildman–Crippen LogP) is 1.96. The molecule has 7 heteroatoms. The smallest absolute Gasteiger partial charge is 0.254 e. The molecule has 3 aliphatic heterocycles. The lowest BCUT2D eigenvalue weighted by Crippen LogP contribution is -2.58. The molecular formula is C23H31N3O4. The number of piperidine rings is 1. The van der Waals surface area contributed by atoms with Crippen LogP contribution in [-0.2, 0) is 20.9 Å². The minimum atomic E-state index is -0.554. The fourth-order valence-corrected chi connectivity index (χ4v) is 4.99. The van der Waals surface area contributed by atoms with E-state index >= 15 is 0 Å². The van der Waals surface area contributed by atoms with Crippen LogP contribution in [0.1, 0.15) is 54.9 Å². The highest BCUT2D eigenvalue weighted by Gasteiger charge is 2.47. The van der Waals surface area contributed by atoms with Crippen LogP contribution in [0.15, 0.2) is 24.3 Å². The summed E-state index contributed by atoms with van der Waals surface area (Å²) in [5.41, 5.74) is 1.19. The van der Waals surface area contributed by atoms with Gasteiger partial charge in [-0.2, -0.15) is 0 Å². The van der Waals surface area contributed by atoms with Gasteiger partial charge in [0.15, 0.2) is 0 Å². The van der Waals surface area contributed by atoms with Crippen LogP contribution in [-0.4, -0.2) is 65.9 Å². The number of nitrogens with one attached hydrogen (secondary N) is 1. The lowest BCUT2D eigenvalue weighted by Gasteiger charge is -2.47. The highest BCUT2D eigenvalue weighted by atomic mass is 16.5. The molecule has 0 spiro atoms. The Balaban J connectivity index is 1.48. The quantitative estimate of drug-likeness (QED) is 0.800. The Kier molecular flexibility index (Phi) is 6.09. The molecule has 0 atom stereocenters. The van der Waals surface area contributed by atoms with E-state index in [-0.39, 0.29) is 24.1 Å². The van der Waals surface area contributed by atoms with Crippen molar-refractivity contribution in [1.29, 1.82) is 0 Å². The van der Waals surface area contributed by atoms with Crippen LogP contribution < -0.4 is 5.32 Å². The van der Waals surface area contributed by atoms with Crippen LogP contribution in [0.4, 0.5) is 0 Å². The van der Waals surface area contributed by atoms with Gasteiger partial charge in [0.2, 0.25) is 11.8 Å². The molecule has 162 valence electrons. The molecule has 3 aliphatic rings. The van der Waals surface area contributed by atoms with Crippen LogP contribution in [0.3, 0.4) is 0 Å². The van der Waals surface area contributed by atoms with Gasteiger partial charge in [0.25, 0.3) is 5.91 Å². The Morgan fingerprint density at radius 2 is 1.87 bits per heavy atom. The van der Waals surface area contributed by atoms with Crippen molar-refractivity contribution in [2.45, 2.75) is 51.1 Å². The van der Waals surface area contributed by atoms with Gasteiger partial charge in [0, 0.05) is 51.9 Å². The van der Waals surface area contributed by atoms with Crippen LogP contribution in [0.2, 0.25) is 0 Å². The van der Waals surface area contributed by atoms with Crippen molar-refractivity contribution in [3.8, 4) is 0 Å². The molecule has 0 saturated carbocycles. The Morgan fingerprint density at radius 1 is 1.17 bits per heavy atom. The Labute approximate surface area is 177 Å². The number of benzene rings is 1. The van der Waals surface area contributed by atoms with Crippen LogP contribution in [0.5, 0.6) is 0 Å². The monoisotopic (exact) mass is 413 g/mol. The summed E-state index contributed by atoms with van der Waals surface area (Å²) in [5, 5.41) is 3.10. The second-order valence-corrected chi connectivity index (χ2v) is 8.82. The fraction of sp³-hybridized carbons (Fsp3) is 0.609. The van der Waals surface area contributed by atoms with Gasteiger partial charge in [-0.1, -0.05) is 18.2 Å². The summed E-state index contributed by atoms with van der Waals surface area (Å²) in [5.74, 6) is 0.486. The third-order valence-corrected chi connectivity index (χ3v) is 6.95. The number of fused-ring (bicyclic) bond motifs is 1. The number of carbonyl (C=O) groups excluding carboxylic acids is 3. The third-order valence-electron chi connectivity index (χ3n) is 6.95. The van der Waals surface area contributed by atoms with E-state index in [1.807, 2.05) is 34.1 Å². The number of ether oxygens (including phenoxy) is 1. The van der Waals surface area contributed by atoms with Crippen LogP contribution in [0.25, 0.3) is 0 Å². The molecule has 2 fully saturated rings. The maximum Gasteiger partial charge on any atom is 0.254 e. The molecule has 0 aliphatic carbocycles. The van der Waals surface area contributed by atoms with Crippen LogP contribution >= 0.6 is 0 Å². The number of hydrogen-bond donors (Lipinski definition) is 1. The molecule has 4 rings (SSSR count). The normalized spacial score (nSPS) is 21.4. The number of rotatable bonds is 5. The number of nitrogens with zero attached hydrogens (tertiary/aromatic N) is 2. The highest BCUT2D eigenvalue weighted by Crippen LogP contribution is 2.38. The Morgan fingerprint density at radius 3 is 2.53 bits per heavy atom. The van der Waals surface area contributed by atoms with Crippen LogP contribution in [0, 0.1) is 5.92 Å². The van der Waals surface area contributed by atoms with E-state index in [1.165, 1.54) is 0 Å². The van der Waals surface area contributed by atoms with Crippen molar-refractivity contribution in [2.75, 3.05) is 32.8 Å². The Bertz CT molecular complexity index is 810. The number of amides is 3. The summed E-state index contributed by atoms with van der Waals surface area (Å²) in [6.07, 6.45) is 3.47. The summed E-state index contributed by atoms with van der Waals surface area (Å²) in [7, 11) is 0. The van der Waals surface area contributed by atoms with Crippen molar-refractivity contribution in [3.63, 3.8) is 0 Å². The van der Waals surface area contributed by atoms with E-state index in [4.69, 9.17) is 4.74 Å². The average molecular weight is 414 g/mol. The highest BCUT2D eigenvalue weighted by molar-refractivity contribution is 5.99. The zero-order chi connectivity index (χ0) is 21.1. The predicted molar refractivity (Wildman–Crippen MR) is 112 cm³/mol. The van der Waals surface area contributed by atoms with Crippen molar-refractivity contribution in [1.82, 2.24) is 15.1 Å². The molecule has 7 nitrogen and oxygen atoms in total. The number of likely N-dealkylation sites (tertiary alicyclic amines) is 1. The maximum atomic E-state index is 13.2. The van der Waals surface area contributed by atoms with Gasteiger partial charge in [-0.15, -0.1) is 0 Å². The Hall–Kier alpha value is -2.41. The molecule has 3 heterocycles. The van der Waals surface area contributed by atoms with Gasteiger partial charge in [-0.25, -0.2) is 0 Å². The first-order valence-electron chi connectivity index (χ1n) is 11.0. The third kappa shape index (κ3) is 4.21. The first-order chi connectivity index (χ1) is 14.5. The molecule has 0 unspecified atom stereocenters. The van der Waals surface area contributed by atoms with E-state index in [0.29, 0.717) is 44.9 Å². The van der Waals surface area contributed by atoms with Crippen molar-refractivity contribution >= 4 is 17.7 Å². The largest absolute Gasteiger partial charge is 0.381 e. The fourth-order valence-electron chi connectivity index (χ4n) is 4.99. The van der Waals surface area contributed by atoms with E-state index in [9.17, 15) is 14.4 Å². The van der Waals surface area contributed by atoms with Crippen molar-refractivity contribution in [3.05, 3.63) is 35.4 Å². The molecule has 0 aromatic heterocycles. The number of carbonyl (C=O) groups is 3. The summed E-state index contributed by atoms with van der Waals surface area (Å²) >= 11 is 0. The van der Waals surface area contributed by atoms with E-state index < -0.39 is 5.54 Å². The van der Waals surface area contributed by atoms with E-state index in [0.717, 1.165) is 37.2 Å². The molecule has 2 saturated heterocycles. The van der Waals surface area contributed by atoms with Crippen molar-refractivity contribution < 1.29 is 19.1 Å². The maximum absolute atomic E-state index is 13.2. The molecule has 30 heavy (non-hydrogen) atoms. The lowest BCUT2D eigenvalue weighted by molar-refractivity contribution is -0.132.